The zero-order chi connectivity index (χ0) is 13.9. The second-order valence-corrected chi connectivity index (χ2v) is 6.36. The average Bonchev–Trinajstić information content (AvgIpc) is 2.95. The average molecular weight is 334 g/mol. The van der Waals surface area contributed by atoms with Crippen molar-refractivity contribution in [2.75, 3.05) is 6.54 Å². The molecule has 1 aliphatic rings. The largest absolute Gasteiger partial charge is 0.345 e. The molecule has 0 radical (unpaired) electrons. The number of aromatic nitrogens is 2. The Morgan fingerprint density at radius 1 is 1.20 bits per heavy atom. The van der Waals surface area contributed by atoms with E-state index in [1.807, 2.05) is 0 Å². The minimum Gasteiger partial charge on any atom is -0.345 e. The number of rotatable bonds is 6. The predicted octanol–water partition coefficient (Wildman–Crippen LogP) is 3.81. The Labute approximate surface area is 128 Å². The number of unbranched alkanes of at least 4 members (excludes halogenated alkanes) is 3. The maximum atomic E-state index is 5.50. The highest BCUT2D eigenvalue weighted by atomic mass is 79.9. The van der Waals surface area contributed by atoms with Crippen LogP contribution in [0.25, 0.3) is 11.3 Å². The summed E-state index contributed by atoms with van der Waals surface area (Å²) in [4.78, 5) is 8.28. The van der Waals surface area contributed by atoms with Crippen molar-refractivity contribution in [2.45, 2.75) is 38.5 Å². The number of hydrogen-bond donors (Lipinski definition) is 2. The highest BCUT2D eigenvalue weighted by Crippen LogP contribution is 2.36. The van der Waals surface area contributed by atoms with E-state index in [1.54, 1.807) is 0 Å². The maximum Gasteiger partial charge on any atom is 0.107 e. The van der Waals surface area contributed by atoms with Gasteiger partial charge >= 0.3 is 0 Å². The first-order valence-electron chi connectivity index (χ1n) is 7.34. The summed E-state index contributed by atoms with van der Waals surface area (Å²) in [7, 11) is 0. The van der Waals surface area contributed by atoms with Crippen LogP contribution in [-0.4, -0.2) is 16.5 Å². The fourth-order valence-corrected chi connectivity index (χ4v) is 3.26. The number of imidazole rings is 1. The van der Waals surface area contributed by atoms with Gasteiger partial charge in [0.05, 0.1) is 5.69 Å². The Bertz CT molecular complexity index is 604. The van der Waals surface area contributed by atoms with Gasteiger partial charge < -0.3 is 10.7 Å². The van der Waals surface area contributed by atoms with Gasteiger partial charge in [0.1, 0.15) is 5.82 Å². The molecule has 0 bridgehead atoms. The van der Waals surface area contributed by atoms with Crippen LogP contribution in [0.3, 0.4) is 0 Å². The van der Waals surface area contributed by atoms with E-state index < -0.39 is 0 Å². The van der Waals surface area contributed by atoms with Gasteiger partial charge in [0.15, 0.2) is 0 Å². The molecule has 3 N–H and O–H groups in total. The summed E-state index contributed by atoms with van der Waals surface area (Å²) in [5, 5.41) is 0. The van der Waals surface area contributed by atoms with Gasteiger partial charge in [-0.05, 0) is 37.1 Å². The highest BCUT2D eigenvalue weighted by molar-refractivity contribution is 9.10. The smallest absolute Gasteiger partial charge is 0.107 e. The van der Waals surface area contributed by atoms with Crippen molar-refractivity contribution >= 4 is 15.9 Å². The second-order valence-electron chi connectivity index (χ2n) is 5.44. The SMILES string of the molecule is NCCCCCCc1nc2c([nH]1)Cc1cc(Br)ccc1-2. The van der Waals surface area contributed by atoms with E-state index in [0.717, 1.165) is 41.8 Å². The molecule has 1 aromatic heterocycles. The third kappa shape index (κ3) is 2.81. The summed E-state index contributed by atoms with van der Waals surface area (Å²) < 4.78 is 1.14. The zero-order valence-corrected chi connectivity index (χ0v) is 13.2. The van der Waals surface area contributed by atoms with E-state index in [-0.39, 0.29) is 0 Å². The van der Waals surface area contributed by atoms with Gasteiger partial charge in [0.25, 0.3) is 0 Å². The van der Waals surface area contributed by atoms with Crippen LogP contribution >= 0.6 is 15.9 Å². The third-order valence-corrected chi connectivity index (χ3v) is 4.38. The predicted molar refractivity (Wildman–Crippen MR) is 85.8 cm³/mol. The molecule has 1 aromatic carbocycles. The quantitative estimate of drug-likeness (QED) is 0.674. The van der Waals surface area contributed by atoms with Crippen molar-refractivity contribution in [3.05, 3.63) is 39.8 Å². The summed E-state index contributed by atoms with van der Waals surface area (Å²) in [5.74, 6) is 1.14. The van der Waals surface area contributed by atoms with Crippen molar-refractivity contribution < 1.29 is 0 Å². The maximum absolute atomic E-state index is 5.50. The van der Waals surface area contributed by atoms with Gasteiger partial charge in [-0.25, -0.2) is 4.98 Å². The Hall–Kier alpha value is -1.13. The number of nitrogens with one attached hydrogen (secondary N) is 1. The summed E-state index contributed by atoms with van der Waals surface area (Å²) in [6, 6.07) is 6.45. The summed E-state index contributed by atoms with van der Waals surface area (Å²) in [6.07, 6.45) is 6.82. The standard InChI is InChI=1S/C16H20BrN3/c17-12-6-7-13-11(9-12)10-14-16(13)20-15(19-14)5-3-1-2-4-8-18/h6-7,9H,1-5,8,10,18H2,(H,19,20). The monoisotopic (exact) mass is 333 g/mol. The molecule has 0 fully saturated rings. The summed E-state index contributed by atoms with van der Waals surface area (Å²) in [5.41, 5.74) is 10.6. The Morgan fingerprint density at radius 2 is 2.05 bits per heavy atom. The van der Waals surface area contributed by atoms with E-state index in [2.05, 4.69) is 39.1 Å². The first-order chi connectivity index (χ1) is 9.78. The molecule has 1 heterocycles. The number of hydrogen-bond acceptors (Lipinski definition) is 2. The molecule has 0 atom stereocenters. The molecule has 106 valence electrons. The van der Waals surface area contributed by atoms with Crippen molar-refractivity contribution in [2.24, 2.45) is 5.73 Å². The Kier molecular flexibility index (Phi) is 4.22. The van der Waals surface area contributed by atoms with Crippen LogP contribution in [0.5, 0.6) is 0 Å². The lowest BCUT2D eigenvalue weighted by atomic mass is 10.1. The van der Waals surface area contributed by atoms with Crippen LogP contribution in [0.4, 0.5) is 0 Å². The van der Waals surface area contributed by atoms with Crippen LogP contribution in [0, 0.1) is 0 Å². The van der Waals surface area contributed by atoms with Crippen LogP contribution < -0.4 is 5.73 Å². The lowest BCUT2D eigenvalue weighted by molar-refractivity contribution is 0.637. The minimum atomic E-state index is 0.807. The topological polar surface area (TPSA) is 54.7 Å². The molecule has 20 heavy (non-hydrogen) atoms. The van der Waals surface area contributed by atoms with E-state index in [0.29, 0.717) is 0 Å². The van der Waals surface area contributed by atoms with Gasteiger partial charge in [0.2, 0.25) is 0 Å². The zero-order valence-electron chi connectivity index (χ0n) is 11.6. The molecule has 1 aliphatic carbocycles. The first kappa shape index (κ1) is 13.8. The Balaban J connectivity index is 1.65. The summed E-state index contributed by atoms with van der Waals surface area (Å²) in [6.45, 7) is 0.807. The molecule has 0 spiro atoms. The number of H-pyrrole nitrogens is 1. The normalized spacial score (nSPS) is 12.5. The number of nitrogens with two attached hydrogens (primary N) is 1. The highest BCUT2D eigenvalue weighted by Gasteiger charge is 2.22. The van der Waals surface area contributed by atoms with Crippen LogP contribution in [-0.2, 0) is 12.8 Å². The molecule has 0 aliphatic heterocycles. The number of halogens is 1. The lowest BCUT2D eigenvalue weighted by Crippen LogP contribution is -1.98. The van der Waals surface area contributed by atoms with Gasteiger partial charge in [-0.1, -0.05) is 34.8 Å². The molecule has 3 nitrogen and oxygen atoms in total. The third-order valence-electron chi connectivity index (χ3n) is 3.89. The fraction of sp³-hybridized carbons (Fsp3) is 0.438. The number of aryl methyl sites for hydroxylation is 1. The van der Waals surface area contributed by atoms with Crippen molar-refractivity contribution in [3.63, 3.8) is 0 Å². The molecule has 0 amide bonds. The second kappa shape index (κ2) is 6.10. The number of fused-ring (bicyclic) bond motifs is 3. The van der Waals surface area contributed by atoms with E-state index >= 15 is 0 Å². The molecular weight excluding hydrogens is 314 g/mol. The molecule has 0 saturated heterocycles. The first-order valence-corrected chi connectivity index (χ1v) is 8.14. The van der Waals surface area contributed by atoms with Gasteiger partial charge in [-0.15, -0.1) is 0 Å². The van der Waals surface area contributed by atoms with E-state index in [1.165, 1.54) is 36.1 Å². The fourth-order valence-electron chi connectivity index (χ4n) is 2.85. The van der Waals surface area contributed by atoms with E-state index in [9.17, 15) is 0 Å². The van der Waals surface area contributed by atoms with Crippen LogP contribution in [0.1, 0.15) is 42.8 Å². The minimum absolute atomic E-state index is 0.807. The number of nitrogens with zero attached hydrogens (tertiary/aromatic N) is 1. The number of aromatic amines is 1. The van der Waals surface area contributed by atoms with Crippen LogP contribution in [0.2, 0.25) is 0 Å². The van der Waals surface area contributed by atoms with Gasteiger partial charge in [-0.2, -0.15) is 0 Å². The molecule has 2 aromatic rings. The molecule has 3 rings (SSSR count). The molecule has 0 unspecified atom stereocenters. The summed E-state index contributed by atoms with van der Waals surface area (Å²) >= 11 is 3.53. The Morgan fingerprint density at radius 3 is 2.90 bits per heavy atom. The van der Waals surface area contributed by atoms with Crippen molar-refractivity contribution in [3.8, 4) is 11.3 Å². The number of benzene rings is 1. The van der Waals surface area contributed by atoms with Crippen LogP contribution in [0.15, 0.2) is 22.7 Å². The molecular formula is C16H20BrN3. The lowest BCUT2D eigenvalue weighted by Gasteiger charge is -2.01. The van der Waals surface area contributed by atoms with Gasteiger partial charge in [0, 0.05) is 28.6 Å². The van der Waals surface area contributed by atoms with Crippen molar-refractivity contribution in [1.82, 2.24) is 9.97 Å². The van der Waals surface area contributed by atoms with Crippen molar-refractivity contribution in [1.29, 1.82) is 0 Å². The van der Waals surface area contributed by atoms with E-state index in [4.69, 9.17) is 10.7 Å². The molecule has 4 heteroatoms. The van der Waals surface area contributed by atoms with Gasteiger partial charge in [-0.3, -0.25) is 0 Å². The molecule has 0 saturated carbocycles.